The molecule has 1 atom stereocenters. The van der Waals surface area contributed by atoms with Crippen molar-refractivity contribution in [2.24, 2.45) is 0 Å². The summed E-state index contributed by atoms with van der Waals surface area (Å²) >= 11 is 3.59. The van der Waals surface area contributed by atoms with E-state index in [1.165, 1.54) is 0 Å². The fraction of sp³-hybridized carbons (Fsp3) is 1.00. The van der Waals surface area contributed by atoms with E-state index in [4.69, 9.17) is 4.74 Å². The van der Waals surface area contributed by atoms with E-state index in [0.717, 1.165) is 19.4 Å². The van der Waals surface area contributed by atoms with Gasteiger partial charge in [-0.3, -0.25) is 0 Å². The third kappa shape index (κ3) is 2.75. The summed E-state index contributed by atoms with van der Waals surface area (Å²) in [5, 5.41) is 0. The second-order valence-corrected chi connectivity index (χ2v) is 4.19. The molecule has 68 valence electrons. The number of rotatable bonds is 5. The summed E-state index contributed by atoms with van der Waals surface area (Å²) in [6.45, 7) is 9.36. The first-order valence-corrected chi connectivity index (χ1v) is 5.32. The summed E-state index contributed by atoms with van der Waals surface area (Å²) in [7, 11) is 0. The molecule has 1 unspecified atom stereocenters. The van der Waals surface area contributed by atoms with E-state index < -0.39 is 0 Å². The molecule has 11 heavy (non-hydrogen) atoms. The van der Waals surface area contributed by atoms with Crippen molar-refractivity contribution < 1.29 is 4.74 Å². The smallest absolute Gasteiger partial charge is 0.0798 e. The minimum absolute atomic E-state index is 0.0503. The lowest BCUT2D eigenvalue weighted by Crippen LogP contribution is -2.39. The Balaban J connectivity index is 4.20. The molecule has 0 aromatic rings. The van der Waals surface area contributed by atoms with Crippen molar-refractivity contribution in [1.29, 1.82) is 0 Å². The number of hydrogen-bond donors (Lipinski definition) is 0. The van der Waals surface area contributed by atoms with Crippen molar-refractivity contribution in [2.45, 2.75) is 51.0 Å². The van der Waals surface area contributed by atoms with Gasteiger partial charge in [0, 0.05) is 11.4 Å². The zero-order valence-corrected chi connectivity index (χ0v) is 9.57. The van der Waals surface area contributed by atoms with Crippen molar-refractivity contribution in [3.8, 4) is 0 Å². The molecule has 0 heterocycles. The molecule has 0 aliphatic carbocycles. The Labute approximate surface area is 78.6 Å². The van der Waals surface area contributed by atoms with Crippen LogP contribution in [-0.2, 0) is 4.74 Å². The van der Waals surface area contributed by atoms with E-state index >= 15 is 0 Å². The van der Waals surface area contributed by atoms with E-state index in [0.29, 0.717) is 4.83 Å². The lowest BCUT2D eigenvalue weighted by atomic mass is 9.94. The van der Waals surface area contributed by atoms with Crippen LogP contribution in [0.5, 0.6) is 0 Å². The fourth-order valence-electron chi connectivity index (χ4n) is 1.42. The third-order valence-corrected chi connectivity index (χ3v) is 3.19. The van der Waals surface area contributed by atoms with Crippen LogP contribution in [0.25, 0.3) is 0 Å². The zero-order valence-electron chi connectivity index (χ0n) is 7.98. The van der Waals surface area contributed by atoms with Crippen LogP contribution in [0.15, 0.2) is 0 Å². The first-order chi connectivity index (χ1) is 5.13. The van der Waals surface area contributed by atoms with E-state index in [1.807, 2.05) is 0 Å². The van der Waals surface area contributed by atoms with Crippen LogP contribution in [0.3, 0.4) is 0 Å². The molecule has 1 nitrogen and oxygen atoms in total. The maximum Gasteiger partial charge on any atom is 0.0798 e. The average Bonchev–Trinajstić information content (AvgIpc) is 2.00. The van der Waals surface area contributed by atoms with Gasteiger partial charge in [-0.05, 0) is 26.7 Å². The topological polar surface area (TPSA) is 9.23 Å². The second kappa shape index (κ2) is 5.15. The molecule has 0 N–H and O–H groups in total. The summed E-state index contributed by atoms with van der Waals surface area (Å²) in [6.07, 6.45) is 2.15. The van der Waals surface area contributed by atoms with Crippen LogP contribution in [0.2, 0.25) is 0 Å². The molecule has 0 aromatic carbocycles. The molecule has 0 aliphatic rings. The van der Waals surface area contributed by atoms with Crippen LogP contribution in [0.4, 0.5) is 0 Å². The zero-order chi connectivity index (χ0) is 8.91. The fourth-order valence-corrected chi connectivity index (χ4v) is 2.20. The molecule has 0 rings (SSSR count). The van der Waals surface area contributed by atoms with Gasteiger partial charge in [0.1, 0.15) is 0 Å². The Kier molecular flexibility index (Phi) is 5.36. The van der Waals surface area contributed by atoms with Gasteiger partial charge in [0.15, 0.2) is 0 Å². The Morgan fingerprint density at radius 3 is 1.82 bits per heavy atom. The van der Waals surface area contributed by atoms with E-state index in [1.54, 1.807) is 0 Å². The first kappa shape index (κ1) is 11.4. The maximum atomic E-state index is 5.74. The first-order valence-electron chi connectivity index (χ1n) is 4.41. The van der Waals surface area contributed by atoms with Crippen LogP contribution in [0, 0.1) is 0 Å². The van der Waals surface area contributed by atoms with E-state index in [9.17, 15) is 0 Å². The Morgan fingerprint density at radius 2 is 1.73 bits per heavy atom. The van der Waals surface area contributed by atoms with Crippen LogP contribution < -0.4 is 0 Å². The molecule has 2 heteroatoms. The number of ether oxygens (including phenoxy) is 1. The summed E-state index contributed by atoms with van der Waals surface area (Å²) in [5.41, 5.74) is 0.0503. The second-order valence-electron chi connectivity index (χ2n) is 2.82. The molecular formula is C9H19BrO. The van der Waals surface area contributed by atoms with Gasteiger partial charge in [-0.15, -0.1) is 0 Å². The van der Waals surface area contributed by atoms with E-state index in [-0.39, 0.29) is 5.60 Å². The quantitative estimate of drug-likeness (QED) is 0.649. The number of alkyl halides is 1. The van der Waals surface area contributed by atoms with Crippen molar-refractivity contribution in [1.82, 2.24) is 0 Å². The number of halogens is 1. The van der Waals surface area contributed by atoms with Crippen molar-refractivity contribution in [3.63, 3.8) is 0 Å². The van der Waals surface area contributed by atoms with Gasteiger partial charge in [0.2, 0.25) is 0 Å². The normalized spacial score (nSPS) is 15.0. The van der Waals surface area contributed by atoms with Crippen molar-refractivity contribution >= 4 is 15.9 Å². The van der Waals surface area contributed by atoms with Gasteiger partial charge in [-0.25, -0.2) is 0 Å². The van der Waals surface area contributed by atoms with Crippen LogP contribution in [0.1, 0.15) is 40.5 Å². The summed E-state index contributed by atoms with van der Waals surface area (Å²) < 4.78 is 5.74. The highest BCUT2D eigenvalue weighted by atomic mass is 79.9. The highest BCUT2D eigenvalue weighted by Crippen LogP contribution is 2.29. The minimum atomic E-state index is 0.0503. The molecule has 0 amide bonds. The van der Waals surface area contributed by atoms with Gasteiger partial charge >= 0.3 is 0 Å². The minimum Gasteiger partial charge on any atom is -0.374 e. The maximum absolute atomic E-state index is 5.74. The Hall–Kier alpha value is 0.440. The predicted molar refractivity (Wildman–Crippen MR) is 53.3 cm³/mol. The highest BCUT2D eigenvalue weighted by Gasteiger charge is 2.31. The van der Waals surface area contributed by atoms with Gasteiger partial charge in [-0.2, -0.15) is 0 Å². The Morgan fingerprint density at radius 1 is 1.27 bits per heavy atom. The molecular weight excluding hydrogens is 204 g/mol. The third-order valence-electron chi connectivity index (χ3n) is 2.35. The monoisotopic (exact) mass is 222 g/mol. The predicted octanol–water partition coefficient (Wildman–Crippen LogP) is 3.37. The molecule has 0 aliphatic heterocycles. The van der Waals surface area contributed by atoms with Crippen LogP contribution in [-0.4, -0.2) is 17.0 Å². The largest absolute Gasteiger partial charge is 0.374 e. The van der Waals surface area contributed by atoms with Crippen molar-refractivity contribution in [2.75, 3.05) is 6.61 Å². The average molecular weight is 223 g/mol. The van der Waals surface area contributed by atoms with Crippen LogP contribution >= 0.6 is 15.9 Å². The highest BCUT2D eigenvalue weighted by molar-refractivity contribution is 9.09. The Bertz CT molecular complexity index is 97.7. The lowest BCUT2D eigenvalue weighted by Gasteiger charge is -2.34. The molecule has 0 saturated heterocycles. The number of hydrogen-bond acceptors (Lipinski definition) is 1. The standard InChI is InChI=1S/C9H19BrO/c1-5-9(6-2,8(4)10)11-7-3/h8H,5-7H2,1-4H3. The SMILES string of the molecule is CCOC(CC)(CC)C(C)Br. The molecule has 0 aromatic heterocycles. The van der Waals surface area contributed by atoms with Crippen molar-refractivity contribution in [3.05, 3.63) is 0 Å². The molecule has 0 spiro atoms. The molecule has 0 radical (unpaired) electrons. The lowest BCUT2D eigenvalue weighted by molar-refractivity contribution is -0.0419. The molecule has 0 fully saturated rings. The summed E-state index contributed by atoms with van der Waals surface area (Å²) in [4.78, 5) is 0.435. The summed E-state index contributed by atoms with van der Waals surface area (Å²) in [5.74, 6) is 0. The summed E-state index contributed by atoms with van der Waals surface area (Å²) in [6, 6.07) is 0. The van der Waals surface area contributed by atoms with E-state index in [2.05, 4.69) is 43.6 Å². The van der Waals surface area contributed by atoms with Gasteiger partial charge in [0.25, 0.3) is 0 Å². The molecule has 0 saturated carbocycles. The van der Waals surface area contributed by atoms with Gasteiger partial charge in [0.05, 0.1) is 5.60 Å². The van der Waals surface area contributed by atoms with Gasteiger partial charge in [-0.1, -0.05) is 29.8 Å². The molecule has 0 bridgehead atoms. The van der Waals surface area contributed by atoms with Gasteiger partial charge < -0.3 is 4.74 Å².